The lowest BCUT2D eigenvalue weighted by Crippen LogP contribution is -2.39. The molecule has 3 rings (SSSR count). The minimum Gasteiger partial charge on any atom is -0.336 e. The van der Waals surface area contributed by atoms with Gasteiger partial charge in [0.05, 0.1) is 24.2 Å². The summed E-state index contributed by atoms with van der Waals surface area (Å²) in [5.74, 6) is 0. The summed E-state index contributed by atoms with van der Waals surface area (Å²) in [6.07, 6.45) is 2.44. The number of amides is 2. The Hall–Kier alpha value is -2.41. The molecule has 0 bridgehead atoms. The van der Waals surface area contributed by atoms with E-state index >= 15 is 0 Å². The van der Waals surface area contributed by atoms with Crippen LogP contribution in [0.2, 0.25) is 0 Å². The highest BCUT2D eigenvalue weighted by Crippen LogP contribution is 2.13. The van der Waals surface area contributed by atoms with Gasteiger partial charge in [-0.05, 0) is 45.8 Å². The number of fused-ring (bicyclic) bond motifs is 1. The van der Waals surface area contributed by atoms with Crippen LogP contribution in [0, 0.1) is 0 Å². The van der Waals surface area contributed by atoms with Gasteiger partial charge in [-0.15, -0.1) is 0 Å². The van der Waals surface area contributed by atoms with Gasteiger partial charge in [-0.2, -0.15) is 5.10 Å². The van der Waals surface area contributed by atoms with E-state index in [0.29, 0.717) is 17.6 Å². The average molecular weight is 357 g/mol. The molecule has 7 nitrogen and oxygen atoms in total. The maximum Gasteiger partial charge on any atom is 0.315 e. The number of likely N-dealkylation sites (tertiary alicyclic amines) is 1. The number of urea groups is 1. The Morgan fingerprint density at radius 3 is 2.54 bits per heavy atom. The zero-order chi connectivity index (χ0) is 18.5. The van der Waals surface area contributed by atoms with Gasteiger partial charge in [0.15, 0.2) is 0 Å². The molecule has 2 N–H and O–H groups in total. The summed E-state index contributed by atoms with van der Waals surface area (Å²) in [4.78, 5) is 27.0. The van der Waals surface area contributed by atoms with E-state index in [2.05, 4.69) is 20.6 Å². The molecule has 0 radical (unpaired) electrons. The molecule has 0 spiro atoms. The van der Waals surface area contributed by atoms with Gasteiger partial charge in [0.2, 0.25) is 0 Å². The molecule has 2 amide bonds. The molecule has 0 atom stereocenters. The SMILES string of the molecule is CC(C)NC(=O)NCc1nn(CCN2CCCC2)c(=O)c2ccccc12. The van der Waals surface area contributed by atoms with E-state index in [0.717, 1.165) is 25.0 Å². The molecule has 0 unspecified atom stereocenters. The van der Waals surface area contributed by atoms with Gasteiger partial charge in [0.1, 0.15) is 0 Å². The number of rotatable bonds is 6. The first-order valence-corrected chi connectivity index (χ1v) is 9.30. The highest BCUT2D eigenvalue weighted by molar-refractivity contribution is 5.84. The van der Waals surface area contributed by atoms with Crippen LogP contribution in [-0.4, -0.2) is 46.4 Å². The summed E-state index contributed by atoms with van der Waals surface area (Å²) in [6, 6.07) is 7.28. The summed E-state index contributed by atoms with van der Waals surface area (Å²) < 4.78 is 1.54. The zero-order valence-electron chi connectivity index (χ0n) is 15.5. The number of benzene rings is 1. The third-order valence-electron chi connectivity index (χ3n) is 4.61. The van der Waals surface area contributed by atoms with Crippen molar-refractivity contribution in [1.82, 2.24) is 25.3 Å². The predicted octanol–water partition coefficient (Wildman–Crippen LogP) is 1.70. The Bertz CT molecular complexity index is 824. The molecule has 26 heavy (non-hydrogen) atoms. The monoisotopic (exact) mass is 357 g/mol. The van der Waals surface area contributed by atoms with Crippen molar-refractivity contribution in [1.29, 1.82) is 0 Å². The number of nitrogens with zero attached hydrogens (tertiary/aromatic N) is 3. The predicted molar refractivity (Wildman–Crippen MR) is 102 cm³/mol. The van der Waals surface area contributed by atoms with Crippen LogP contribution in [-0.2, 0) is 13.1 Å². The van der Waals surface area contributed by atoms with Crippen molar-refractivity contribution in [2.24, 2.45) is 0 Å². The Kier molecular flexibility index (Phi) is 5.88. The van der Waals surface area contributed by atoms with Crippen LogP contribution >= 0.6 is 0 Å². The Balaban J connectivity index is 1.82. The maximum absolute atomic E-state index is 12.8. The molecule has 2 heterocycles. The normalized spacial score (nSPS) is 14.9. The molecule has 1 fully saturated rings. The molecular formula is C19H27N5O2. The lowest BCUT2D eigenvalue weighted by molar-refractivity contribution is 0.238. The van der Waals surface area contributed by atoms with Gasteiger partial charge in [0.25, 0.3) is 5.56 Å². The topological polar surface area (TPSA) is 79.3 Å². The van der Waals surface area contributed by atoms with E-state index in [9.17, 15) is 9.59 Å². The van der Waals surface area contributed by atoms with E-state index in [1.54, 1.807) is 0 Å². The summed E-state index contributed by atoms with van der Waals surface area (Å²) in [5, 5.41) is 11.6. The summed E-state index contributed by atoms with van der Waals surface area (Å²) in [7, 11) is 0. The Morgan fingerprint density at radius 1 is 1.15 bits per heavy atom. The molecule has 140 valence electrons. The summed E-state index contributed by atoms with van der Waals surface area (Å²) in [6.45, 7) is 7.67. The molecule has 1 saturated heterocycles. The highest BCUT2D eigenvalue weighted by atomic mass is 16.2. The maximum atomic E-state index is 12.8. The van der Waals surface area contributed by atoms with Crippen molar-refractivity contribution in [3.63, 3.8) is 0 Å². The second kappa shape index (κ2) is 8.31. The second-order valence-electron chi connectivity index (χ2n) is 7.05. The minimum absolute atomic E-state index is 0.0640. The van der Waals surface area contributed by atoms with Gasteiger partial charge < -0.3 is 15.5 Å². The fourth-order valence-corrected chi connectivity index (χ4v) is 3.31. The molecule has 1 aromatic heterocycles. The van der Waals surface area contributed by atoms with Crippen LogP contribution in [0.4, 0.5) is 4.79 Å². The van der Waals surface area contributed by atoms with Gasteiger partial charge in [-0.3, -0.25) is 4.79 Å². The van der Waals surface area contributed by atoms with Crippen molar-refractivity contribution in [2.75, 3.05) is 19.6 Å². The van der Waals surface area contributed by atoms with E-state index < -0.39 is 0 Å². The van der Waals surface area contributed by atoms with E-state index in [-0.39, 0.29) is 24.2 Å². The molecule has 1 aliphatic rings. The summed E-state index contributed by atoms with van der Waals surface area (Å²) in [5.41, 5.74) is 0.635. The average Bonchev–Trinajstić information content (AvgIpc) is 3.13. The van der Waals surface area contributed by atoms with Crippen molar-refractivity contribution < 1.29 is 4.79 Å². The fourth-order valence-electron chi connectivity index (χ4n) is 3.31. The van der Waals surface area contributed by atoms with Gasteiger partial charge in [-0.25, -0.2) is 9.48 Å². The van der Waals surface area contributed by atoms with Crippen LogP contribution in [0.3, 0.4) is 0 Å². The highest BCUT2D eigenvalue weighted by Gasteiger charge is 2.14. The van der Waals surface area contributed by atoms with Crippen molar-refractivity contribution in [3.05, 3.63) is 40.3 Å². The van der Waals surface area contributed by atoms with Crippen LogP contribution < -0.4 is 16.2 Å². The Labute approximate surface area is 153 Å². The molecule has 0 aliphatic carbocycles. The van der Waals surface area contributed by atoms with Crippen LogP contribution in [0.15, 0.2) is 29.1 Å². The molecule has 1 aliphatic heterocycles. The zero-order valence-corrected chi connectivity index (χ0v) is 15.5. The number of carbonyl (C=O) groups is 1. The van der Waals surface area contributed by atoms with Gasteiger partial charge in [0, 0.05) is 18.0 Å². The first-order valence-electron chi connectivity index (χ1n) is 9.30. The van der Waals surface area contributed by atoms with Crippen molar-refractivity contribution in [2.45, 2.75) is 45.8 Å². The number of hydrogen-bond acceptors (Lipinski definition) is 4. The molecule has 1 aromatic carbocycles. The van der Waals surface area contributed by atoms with Crippen LogP contribution in [0.1, 0.15) is 32.4 Å². The first-order chi connectivity index (χ1) is 12.5. The molecule has 2 aromatic rings. The smallest absolute Gasteiger partial charge is 0.315 e. The van der Waals surface area contributed by atoms with Crippen LogP contribution in [0.5, 0.6) is 0 Å². The Morgan fingerprint density at radius 2 is 1.85 bits per heavy atom. The minimum atomic E-state index is -0.235. The third-order valence-corrected chi connectivity index (χ3v) is 4.61. The van der Waals surface area contributed by atoms with Crippen molar-refractivity contribution in [3.8, 4) is 0 Å². The molecule has 7 heteroatoms. The molecular weight excluding hydrogens is 330 g/mol. The fraction of sp³-hybridized carbons (Fsp3) is 0.526. The van der Waals surface area contributed by atoms with Gasteiger partial charge >= 0.3 is 6.03 Å². The number of carbonyl (C=O) groups excluding carboxylic acids is 1. The standard InChI is InChI=1S/C19H27N5O2/c1-14(2)21-19(26)20-13-17-15-7-3-4-8-16(15)18(25)24(22-17)12-11-23-9-5-6-10-23/h3-4,7-8,14H,5-6,9-13H2,1-2H3,(H2,20,21,26). The number of nitrogens with one attached hydrogen (secondary N) is 2. The quantitative estimate of drug-likeness (QED) is 0.825. The largest absolute Gasteiger partial charge is 0.336 e. The van der Waals surface area contributed by atoms with E-state index in [1.165, 1.54) is 17.5 Å². The number of hydrogen-bond donors (Lipinski definition) is 2. The summed E-state index contributed by atoms with van der Waals surface area (Å²) >= 11 is 0. The number of aromatic nitrogens is 2. The van der Waals surface area contributed by atoms with E-state index in [4.69, 9.17) is 0 Å². The van der Waals surface area contributed by atoms with Gasteiger partial charge in [-0.1, -0.05) is 18.2 Å². The molecule has 0 saturated carbocycles. The van der Waals surface area contributed by atoms with Crippen LogP contribution in [0.25, 0.3) is 10.8 Å². The first kappa shape index (κ1) is 18.4. The second-order valence-corrected chi connectivity index (χ2v) is 7.05. The lowest BCUT2D eigenvalue weighted by atomic mass is 10.1. The third kappa shape index (κ3) is 4.40. The van der Waals surface area contributed by atoms with Crippen molar-refractivity contribution >= 4 is 16.8 Å². The lowest BCUT2D eigenvalue weighted by Gasteiger charge is -2.16. The van der Waals surface area contributed by atoms with E-state index in [1.807, 2.05) is 38.1 Å².